The monoisotopic (exact) mass is 368 g/mol. The maximum atomic E-state index is 13.4. The van der Waals surface area contributed by atoms with Crippen molar-refractivity contribution >= 4 is 5.71 Å². The number of benzene rings is 2. The van der Waals surface area contributed by atoms with Crippen molar-refractivity contribution in [1.82, 2.24) is 4.57 Å². The van der Waals surface area contributed by atoms with Gasteiger partial charge in [-0.05, 0) is 43.2 Å². The van der Waals surface area contributed by atoms with Crippen molar-refractivity contribution in [3.63, 3.8) is 0 Å². The Labute approximate surface area is 156 Å². The van der Waals surface area contributed by atoms with Gasteiger partial charge in [-0.1, -0.05) is 37.3 Å². The molecule has 0 spiro atoms. The molecule has 0 saturated heterocycles. The van der Waals surface area contributed by atoms with Gasteiger partial charge in [-0.2, -0.15) is 13.2 Å². The second-order valence-electron chi connectivity index (χ2n) is 6.71. The molecular weight excluding hydrogens is 349 g/mol. The van der Waals surface area contributed by atoms with Crippen LogP contribution in [0.5, 0.6) is 0 Å². The van der Waals surface area contributed by atoms with Gasteiger partial charge in [0.15, 0.2) is 0 Å². The molecule has 0 N–H and O–H groups in total. The third-order valence-corrected chi connectivity index (χ3v) is 5.01. The van der Waals surface area contributed by atoms with E-state index in [-0.39, 0.29) is 0 Å². The second kappa shape index (κ2) is 6.41. The molecule has 0 saturated carbocycles. The fraction of sp³-hybridized carbons (Fsp3) is 0.227. The molecule has 1 aliphatic heterocycles. The SMILES string of the molecule is CCc1cc(C)n2c1CN=C(c1ccccc1)c1cc(C(F)(F)F)ccc1-2. The van der Waals surface area contributed by atoms with E-state index in [1.165, 1.54) is 11.6 Å². The molecular formula is C22H19F3N2. The summed E-state index contributed by atoms with van der Waals surface area (Å²) in [5.41, 5.74) is 5.24. The Morgan fingerprint density at radius 1 is 1.04 bits per heavy atom. The number of halogens is 3. The second-order valence-corrected chi connectivity index (χ2v) is 6.71. The molecule has 1 aliphatic rings. The van der Waals surface area contributed by atoms with Crippen molar-refractivity contribution in [2.75, 3.05) is 0 Å². The Morgan fingerprint density at radius 2 is 1.78 bits per heavy atom. The van der Waals surface area contributed by atoms with Gasteiger partial charge in [-0.25, -0.2) is 0 Å². The third-order valence-electron chi connectivity index (χ3n) is 5.01. The Bertz CT molecular complexity index is 1030. The molecule has 27 heavy (non-hydrogen) atoms. The van der Waals surface area contributed by atoms with E-state index in [0.717, 1.165) is 35.1 Å². The zero-order valence-electron chi connectivity index (χ0n) is 15.1. The van der Waals surface area contributed by atoms with Gasteiger partial charge < -0.3 is 4.57 Å². The first kappa shape index (κ1) is 17.6. The Morgan fingerprint density at radius 3 is 2.44 bits per heavy atom. The highest BCUT2D eigenvalue weighted by Crippen LogP contribution is 2.35. The molecule has 0 fully saturated rings. The number of rotatable bonds is 2. The molecule has 0 amide bonds. The van der Waals surface area contributed by atoms with Crippen molar-refractivity contribution in [2.24, 2.45) is 4.99 Å². The van der Waals surface area contributed by atoms with Crippen molar-refractivity contribution < 1.29 is 13.2 Å². The molecule has 0 bridgehead atoms. The Kier molecular flexibility index (Phi) is 4.17. The predicted octanol–water partition coefficient (Wildman–Crippen LogP) is 5.72. The summed E-state index contributed by atoms with van der Waals surface area (Å²) in [6.07, 6.45) is -3.54. The van der Waals surface area contributed by atoms with Crippen LogP contribution in [0.3, 0.4) is 0 Å². The molecule has 0 atom stereocenters. The van der Waals surface area contributed by atoms with Crippen LogP contribution in [0.15, 0.2) is 59.6 Å². The van der Waals surface area contributed by atoms with Crippen LogP contribution in [0.4, 0.5) is 13.2 Å². The average Bonchev–Trinajstić information content (AvgIpc) is 2.87. The van der Waals surface area contributed by atoms with Crippen LogP contribution >= 0.6 is 0 Å². The van der Waals surface area contributed by atoms with Crippen LogP contribution < -0.4 is 0 Å². The fourth-order valence-corrected chi connectivity index (χ4v) is 3.75. The van der Waals surface area contributed by atoms with Crippen molar-refractivity contribution in [3.8, 4) is 5.69 Å². The number of aliphatic imine (C=N–C) groups is 1. The van der Waals surface area contributed by atoms with Gasteiger partial charge in [-0.3, -0.25) is 4.99 Å². The van der Waals surface area contributed by atoms with Crippen LogP contribution in [0.25, 0.3) is 5.69 Å². The molecule has 0 radical (unpaired) electrons. The minimum Gasteiger partial charge on any atom is -0.315 e. The molecule has 138 valence electrons. The van der Waals surface area contributed by atoms with Gasteiger partial charge in [0.05, 0.1) is 23.5 Å². The summed E-state index contributed by atoms with van der Waals surface area (Å²) >= 11 is 0. The lowest BCUT2D eigenvalue weighted by Gasteiger charge is -2.16. The van der Waals surface area contributed by atoms with E-state index in [1.54, 1.807) is 6.07 Å². The summed E-state index contributed by atoms with van der Waals surface area (Å²) in [5, 5.41) is 0. The molecule has 1 aromatic heterocycles. The quantitative estimate of drug-likeness (QED) is 0.551. The van der Waals surface area contributed by atoms with E-state index in [9.17, 15) is 13.2 Å². The number of aromatic nitrogens is 1. The molecule has 0 unspecified atom stereocenters. The molecule has 4 rings (SSSR count). The first-order chi connectivity index (χ1) is 12.9. The lowest BCUT2D eigenvalue weighted by atomic mass is 9.98. The summed E-state index contributed by atoms with van der Waals surface area (Å²) in [5.74, 6) is 0. The maximum Gasteiger partial charge on any atom is 0.416 e. The highest BCUT2D eigenvalue weighted by molar-refractivity contribution is 6.15. The van der Waals surface area contributed by atoms with E-state index in [2.05, 4.69) is 13.0 Å². The summed E-state index contributed by atoms with van der Waals surface area (Å²) in [6.45, 7) is 4.50. The number of hydrogen-bond acceptors (Lipinski definition) is 1. The molecule has 2 nitrogen and oxygen atoms in total. The Hall–Kier alpha value is -2.82. The molecule has 3 aromatic rings. The minimum atomic E-state index is -4.40. The van der Waals surface area contributed by atoms with Crippen molar-refractivity contribution in [3.05, 3.63) is 88.2 Å². The largest absolute Gasteiger partial charge is 0.416 e. The number of alkyl halides is 3. The normalized spacial score (nSPS) is 13.6. The van der Waals surface area contributed by atoms with Crippen LogP contribution in [0.2, 0.25) is 0 Å². The minimum absolute atomic E-state index is 0.442. The van der Waals surface area contributed by atoms with Crippen LogP contribution in [0.1, 0.15) is 40.6 Å². The van der Waals surface area contributed by atoms with E-state index in [0.29, 0.717) is 17.8 Å². The first-order valence-electron chi connectivity index (χ1n) is 8.92. The predicted molar refractivity (Wildman–Crippen MR) is 101 cm³/mol. The van der Waals surface area contributed by atoms with Gasteiger partial charge >= 0.3 is 6.18 Å². The third kappa shape index (κ3) is 2.97. The number of aryl methyl sites for hydroxylation is 2. The van der Waals surface area contributed by atoms with Gasteiger partial charge in [0.25, 0.3) is 0 Å². The van der Waals surface area contributed by atoms with Gasteiger partial charge in [0.2, 0.25) is 0 Å². The zero-order valence-corrected chi connectivity index (χ0v) is 15.1. The molecule has 5 heteroatoms. The smallest absolute Gasteiger partial charge is 0.315 e. The van der Waals surface area contributed by atoms with E-state index < -0.39 is 11.7 Å². The average molecular weight is 368 g/mol. The zero-order chi connectivity index (χ0) is 19.2. The van der Waals surface area contributed by atoms with E-state index in [4.69, 9.17) is 4.99 Å². The highest BCUT2D eigenvalue weighted by Gasteiger charge is 2.32. The van der Waals surface area contributed by atoms with Gasteiger partial charge in [-0.15, -0.1) is 0 Å². The standard InChI is InChI=1S/C22H19F3N2/c1-3-15-11-14(2)27-19-10-9-17(22(23,24)25)12-18(19)21(26-13-20(15)27)16-7-5-4-6-8-16/h4-12H,3,13H2,1-2H3. The highest BCUT2D eigenvalue weighted by atomic mass is 19.4. The Balaban J connectivity index is 2.02. The summed E-state index contributed by atoms with van der Waals surface area (Å²) in [4.78, 5) is 4.75. The molecule has 2 aromatic carbocycles. The van der Waals surface area contributed by atoms with Crippen molar-refractivity contribution in [1.29, 1.82) is 0 Å². The van der Waals surface area contributed by atoms with Crippen LogP contribution in [-0.2, 0) is 19.1 Å². The number of nitrogens with zero attached hydrogens (tertiary/aromatic N) is 2. The number of fused-ring (bicyclic) bond motifs is 3. The molecule has 2 heterocycles. The van der Waals surface area contributed by atoms with Gasteiger partial charge in [0.1, 0.15) is 0 Å². The summed E-state index contributed by atoms with van der Waals surface area (Å²) < 4.78 is 42.2. The van der Waals surface area contributed by atoms with Crippen molar-refractivity contribution in [2.45, 2.75) is 33.0 Å². The van der Waals surface area contributed by atoms with Crippen LogP contribution in [0, 0.1) is 6.92 Å². The first-order valence-corrected chi connectivity index (χ1v) is 8.92. The fourth-order valence-electron chi connectivity index (χ4n) is 3.75. The molecule has 0 aliphatic carbocycles. The topological polar surface area (TPSA) is 17.3 Å². The lowest BCUT2D eigenvalue weighted by Crippen LogP contribution is -2.12. The summed E-state index contributed by atoms with van der Waals surface area (Å²) in [6, 6.07) is 15.4. The van der Waals surface area contributed by atoms with E-state index >= 15 is 0 Å². The maximum absolute atomic E-state index is 13.4. The number of hydrogen-bond donors (Lipinski definition) is 0. The summed E-state index contributed by atoms with van der Waals surface area (Å²) in [7, 11) is 0. The van der Waals surface area contributed by atoms with E-state index in [1.807, 2.05) is 41.8 Å². The van der Waals surface area contributed by atoms with Gasteiger partial charge in [0, 0.05) is 22.5 Å². The lowest BCUT2D eigenvalue weighted by molar-refractivity contribution is -0.137. The van der Waals surface area contributed by atoms with Crippen LogP contribution in [-0.4, -0.2) is 10.3 Å².